The lowest BCUT2D eigenvalue weighted by molar-refractivity contribution is -0.245. The first-order valence-electron chi connectivity index (χ1n) is 7.79. The van der Waals surface area contributed by atoms with E-state index in [4.69, 9.17) is 13.6 Å². The summed E-state index contributed by atoms with van der Waals surface area (Å²) in [4.78, 5) is 12.4. The summed E-state index contributed by atoms with van der Waals surface area (Å²) >= 11 is 0. The molecule has 0 bridgehead atoms. The fourth-order valence-corrected chi connectivity index (χ4v) is 8.20. The molecule has 0 aliphatic rings. The van der Waals surface area contributed by atoms with E-state index in [-0.39, 0.29) is 5.97 Å². The number of allylic oxidation sites excluding steroid dienone is 1. The molecule has 0 N–H and O–H groups in total. The Morgan fingerprint density at radius 2 is 1.23 bits per heavy atom. The summed E-state index contributed by atoms with van der Waals surface area (Å²) in [5, 5.41) is 0. The maximum atomic E-state index is 12.4. The predicted molar refractivity (Wildman–Crippen MR) is 100 cm³/mol. The molecule has 130 valence electrons. The summed E-state index contributed by atoms with van der Waals surface area (Å²) in [5.74, 6) is -0.360. The number of rotatable bonds is 7. The third-order valence-electron chi connectivity index (χ3n) is 2.78. The van der Waals surface area contributed by atoms with Crippen molar-refractivity contribution in [2.45, 2.75) is 78.4 Å². The van der Waals surface area contributed by atoms with Crippen LogP contribution < -0.4 is 0 Å². The minimum Gasteiger partial charge on any atom is -0.411 e. The molecule has 0 saturated carbocycles. The van der Waals surface area contributed by atoms with Gasteiger partial charge in [-0.3, -0.25) is 0 Å². The smallest absolute Gasteiger partial charge is 0.337 e. The summed E-state index contributed by atoms with van der Waals surface area (Å²) in [6.45, 7) is 22.5. The number of carbonyl (C=O) groups is 1. The average molecular weight is 363 g/mol. The van der Waals surface area contributed by atoms with Gasteiger partial charge in [0.15, 0.2) is 24.7 Å². The number of carbonyl (C=O) groups excluding carboxylic acids is 1. The van der Waals surface area contributed by atoms with Crippen molar-refractivity contribution in [3.05, 3.63) is 11.6 Å². The van der Waals surface area contributed by atoms with Gasteiger partial charge in [0.05, 0.1) is 0 Å². The van der Waals surface area contributed by atoms with Gasteiger partial charge in [-0.15, -0.1) is 0 Å². The van der Waals surface area contributed by atoms with E-state index in [1.54, 1.807) is 13.0 Å². The van der Waals surface area contributed by atoms with Crippen molar-refractivity contribution >= 4 is 30.7 Å². The zero-order chi connectivity index (χ0) is 18.0. The van der Waals surface area contributed by atoms with E-state index in [2.05, 4.69) is 58.9 Å². The molecule has 7 heteroatoms. The van der Waals surface area contributed by atoms with E-state index in [0.29, 0.717) is 5.57 Å². The van der Waals surface area contributed by atoms with E-state index in [1.165, 1.54) is 0 Å². The van der Waals surface area contributed by atoms with Gasteiger partial charge in [-0.25, -0.2) is 4.79 Å². The van der Waals surface area contributed by atoms with Crippen LogP contribution in [0, 0.1) is 0 Å². The molecule has 0 radical (unpaired) electrons. The van der Waals surface area contributed by atoms with Crippen LogP contribution in [0.2, 0.25) is 58.9 Å². The second-order valence-electron chi connectivity index (χ2n) is 8.60. The standard InChI is InChI=1S/C15H34O4Si3/c1-12-13(2)14(16)17-15(20(3,4)5,18-21(6,7)8)19-22(9,10)11/h12H,1-11H3. The molecule has 0 heterocycles. The average Bonchev–Trinajstić information content (AvgIpc) is 2.21. The van der Waals surface area contributed by atoms with E-state index < -0.39 is 30.3 Å². The van der Waals surface area contributed by atoms with Crippen LogP contribution in [0.5, 0.6) is 0 Å². The van der Waals surface area contributed by atoms with E-state index >= 15 is 0 Å². The highest BCUT2D eigenvalue weighted by molar-refractivity contribution is 6.81. The highest BCUT2D eigenvalue weighted by Crippen LogP contribution is 2.35. The molecule has 0 aromatic heterocycles. The second kappa shape index (κ2) is 7.13. The Morgan fingerprint density at radius 1 is 0.864 bits per heavy atom. The summed E-state index contributed by atoms with van der Waals surface area (Å²) in [5.41, 5.74) is -0.649. The van der Waals surface area contributed by atoms with Crippen molar-refractivity contribution in [1.82, 2.24) is 0 Å². The zero-order valence-corrected chi connectivity index (χ0v) is 19.2. The van der Waals surface area contributed by atoms with Crippen LogP contribution in [0.3, 0.4) is 0 Å². The quantitative estimate of drug-likeness (QED) is 0.284. The molecule has 0 amide bonds. The first-order valence-corrected chi connectivity index (χ1v) is 18.1. The highest BCUT2D eigenvalue weighted by atomic mass is 28.4. The van der Waals surface area contributed by atoms with Crippen LogP contribution in [-0.4, -0.2) is 36.3 Å². The van der Waals surface area contributed by atoms with Gasteiger partial charge in [0.25, 0.3) is 5.60 Å². The second-order valence-corrected chi connectivity index (χ2v) is 22.6. The van der Waals surface area contributed by atoms with Gasteiger partial charge in [0.2, 0.25) is 0 Å². The minimum absolute atomic E-state index is 0.360. The Kier molecular flexibility index (Phi) is 7.05. The lowest BCUT2D eigenvalue weighted by atomic mass is 10.3. The molecule has 0 aliphatic heterocycles. The van der Waals surface area contributed by atoms with Gasteiger partial charge >= 0.3 is 5.97 Å². The molecular weight excluding hydrogens is 328 g/mol. The molecule has 0 aromatic rings. The molecule has 0 fully saturated rings. The number of ether oxygens (including phenoxy) is 1. The van der Waals surface area contributed by atoms with Crippen LogP contribution in [-0.2, 0) is 18.4 Å². The molecule has 0 saturated heterocycles. The normalized spacial score (nSPS) is 15.0. The third kappa shape index (κ3) is 6.91. The van der Waals surface area contributed by atoms with Crippen LogP contribution in [0.15, 0.2) is 11.6 Å². The molecule has 0 atom stereocenters. The topological polar surface area (TPSA) is 44.8 Å². The first-order chi connectivity index (χ1) is 9.53. The van der Waals surface area contributed by atoms with Crippen LogP contribution in [0.1, 0.15) is 13.8 Å². The van der Waals surface area contributed by atoms with Gasteiger partial charge in [-0.1, -0.05) is 25.7 Å². The Hall–Kier alpha value is -0.219. The van der Waals surface area contributed by atoms with E-state index in [9.17, 15) is 4.79 Å². The Balaban J connectivity index is 5.92. The predicted octanol–water partition coefficient (Wildman–Crippen LogP) is 4.73. The van der Waals surface area contributed by atoms with Crippen molar-refractivity contribution < 1.29 is 18.4 Å². The highest BCUT2D eigenvalue weighted by Gasteiger charge is 2.54. The molecule has 0 unspecified atom stereocenters. The lowest BCUT2D eigenvalue weighted by Gasteiger charge is -2.48. The van der Waals surface area contributed by atoms with Crippen LogP contribution >= 0.6 is 0 Å². The van der Waals surface area contributed by atoms with Gasteiger partial charge in [0.1, 0.15) is 0 Å². The van der Waals surface area contributed by atoms with Gasteiger partial charge < -0.3 is 13.6 Å². The van der Waals surface area contributed by atoms with Gasteiger partial charge in [-0.2, -0.15) is 0 Å². The lowest BCUT2D eigenvalue weighted by Crippen LogP contribution is -2.65. The third-order valence-corrected chi connectivity index (χ3v) is 7.10. The van der Waals surface area contributed by atoms with E-state index in [0.717, 1.165) is 0 Å². The SMILES string of the molecule is CC=C(C)C(=O)OC(O[Si](C)(C)C)(O[Si](C)(C)C)[Si](C)(C)C. The molecule has 0 aromatic carbocycles. The van der Waals surface area contributed by atoms with Gasteiger partial charge in [-0.05, 0) is 53.1 Å². The van der Waals surface area contributed by atoms with Crippen molar-refractivity contribution in [2.24, 2.45) is 0 Å². The fourth-order valence-electron chi connectivity index (χ4n) is 1.65. The summed E-state index contributed by atoms with van der Waals surface area (Å²) < 4.78 is 18.6. The molecule has 0 rings (SSSR count). The first kappa shape index (κ1) is 21.8. The maximum absolute atomic E-state index is 12.4. The number of hydrogen-bond acceptors (Lipinski definition) is 4. The molecule has 0 spiro atoms. The zero-order valence-electron chi connectivity index (χ0n) is 16.2. The van der Waals surface area contributed by atoms with Crippen molar-refractivity contribution in [3.8, 4) is 0 Å². The Labute approximate surface area is 139 Å². The van der Waals surface area contributed by atoms with Crippen molar-refractivity contribution in [3.63, 3.8) is 0 Å². The van der Waals surface area contributed by atoms with Crippen molar-refractivity contribution in [1.29, 1.82) is 0 Å². The number of hydrogen-bond donors (Lipinski definition) is 0. The van der Waals surface area contributed by atoms with Crippen molar-refractivity contribution in [2.75, 3.05) is 0 Å². The summed E-state index contributed by atoms with van der Waals surface area (Å²) in [7, 11) is -6.08. The Morgan fingerprint density at radius 3 is 1.45 bits per heavy atom. The molecule has 22 heavy (non-hydrogen) atoms. The largest absolute Gasteiger partial charge is 0.411 e. The monoisotopic (exact) mass is 362 g/mol. The molecule has 4 nitrogen and oxygen atoms in total. The van der Waals surface area contributed by atoms with Crippen LogP contribution in [0.4, 0.5) is 0 Å². The molecule has 0 aliphatic carbocycles. The summed E-state index contributed by atoms with van der Waals surface area (Å²) in [6.07, 6.45) is 1.75. The van der Waals surface area contributed by atoms with E-state index in [1.807, 2.05) is 6.92 Å². The number of esters is 1. The minimum atomic E-state index is -2.12. The Bertz CT molecular complexity index is 410. The van der Waals surface area contributed by atoms with Gasteiger partial charge in [0, 0.05) is 5.57 Å². The fraction of sp³-hybridized carbons (Fsp3) is 0.800. The van der Waals surface area contributed by atoms with Crippen LogP contribution in [0.25, 0.3) is 0 Å². The maximum Gasteiger partial charge on any atom is 0.337 e. The molecular formula is C15H34O4Si3. The summed E-state index contributed by atoms with van der Waals surface area (Å²) in [6, 6.07) is 0.